The number of rotatable bonds is 0. The van der Waals surface area contributed by atoms with Crippen molar-refractivity contribution < 1.29 is 0 Å². The molecule has 0 aliphatic rings. The number of hydrogen-bond acceptors (Lipinski definition) is 5. The monoisotopic (exact) mass is 315 g/mol. The maximum absolute atomic E-state index is 12.7. The lowest BCUT2D eigenvalue weighted by Crippen LogP contribution is -2.11. The molecule has 0 aromatic carbocycles. The van der Waals surface area contributed by atoms with Crippen molar-refractivity contribution in [1.29, 1.82) is 0 Å². The van der Waals surface area contributed by atoms with Gasteiger partial charge in [-0.3, -0.25) is 19.6 Å². The maximum Gasteiger partial charge on any atom is 0.217 e. The molecular weight excluding hydrogens is 306 g/mol. The van der Waals surface area contributed by atoms with E-state index in [1.54, 1.807) is 30.6 Å². The summed E-state index contributed by atoms with van der Waals surface area (Å²) in [7, 11) is 0. The third-order valence-corrected chi connectivity index (χ3v) is 4.12. The minimum atomic E-state index is -0.251. The molecule has 0 atom stereocenters. The first-order chi connectivity index (χ1) is 11.7. The van der Waals surface area contributed by atoms with E-state index >= 15 is 0 Å². The first kappa shape index (κ1) is 12.9. The van der Waals surface area contributed by atoms with Crippen molar-refractivity contribution in [2.24, 2.45) is 0 Å². The maximum atomic E-state index is 12.7. The molecular formula is C17H9N5O2. The molecule has 5 rings (SSSR count). The summed E-state index contributed by atoms with van der Waals surface area (Å²) >= 11 is 0. The summed E-state index contributed by atoms with van der Waals surface area (Å²) in [5.74, 6) is 0. The molecule has 0 amide bonds. The van der Waals surface area contributed by atoms with Crippen LogP contribution in [0.4, 0.5) is 0 Å². The van der Waals surface area contributed by atoms with Crippen molar-refractivity contribution in [3.05, 3.63) is 63.4 Å². The van der Waals surface area contributed by atoms with Gasteiger partial charge in [-0.2, -0.15) is 0 Å². The number of aromatic amines is 2. The highest BCUT2D eigenvalue weighted by molar-refractivity contribution is 5.98. The van der Waals surface area contributed by atoms with Crippen molar-refractivity contribution in [2.45, 2.75) is 0 Å². The Morgan fingerprint density at radius 3 is 1.71 bits per heavy atom. The van der Waals surface area contributed by atoms with Gasteiger partial charge in [0.25, 0.3) is 0 Å². The van der Waals surface area contributed by atoms with E-state index < -0.39 is 0 Å². The first-order valence-electron chi connectivity index (χ1n) is 7.29. The van der Waals surface area contributed by atoms with Crippen LogP contribution in [0.3, 0.4) is 0 Å². The molecule has 2 N–H and O–H groups in total. The second kappa shape index (κ2) is 4.45. The van der Waals surface area contributed by atoms with Crippen LogP contribution in [-0.2, 0) is 0 Å². The minimum Gasteiger partial charge on any atom is -0.353 e. The molecule has 7 nitrogen and oxygen atoms in total. The van der Waals surface area contributed by atoms with E-state index in [4.69, 9.17) is 0 Å². The fourth-order valence-corrected chi connectivity index (χ4v) is 2.96. The van der Waals surface area contributed by atoms with Crippen LogP contribution in [0, 0.1) is 0 Å². The molecule has 5 heterocycles. The molecule has 0 bridgehead atoms. The largest absolute Gasteiger partial charge is 0.353 e. The van der Waals surface area contributed by atoms with Gasteiger partial charge in [-0.1, -0.05) is 0 Å². The lowest BCUT2D eigenvalue weighted by molar-refractivity contribution is 1.31. The molecule has 24 heavy (non-hydrogen) atoms. The van der Waals surface area contributed by atoms with E-state index in [9.17, 15) is 9.59 Å². The highest BCUT2D eigenvalue weighted by atomic mass is 16.1. The van der Waals surface area contributed by atoms with Crippen LogP contribution in [0.2, 0.25) is 0 Å². The summed E-state index contributed by atoms with van der Waals surface area (Å²) in [6.07, 6.45) is 6.21. The van der Waals surface area contributed by atoms with E-state index in [1.807, 2.05) is 0 Å². The van der Waals surface area contributed by atoms with E-state index in [2.05, 4.69) is 24.9 Å². The molecule has 0 saturated carbocycles. The van der Waals surface area contributed by atoms with Gasteiger partial charge in [-0.15, -0.1) is 0 Å². The Labute approximate surface area is 133 Å². The summed E-state index contributed by atoms with van der Waals surface area (Å²) in [4.78, 5) is 44.0. The molecule has 7 heteroatoms. The molecule has 0 radical (unpaired) electrons. The van der Waals surface area contributed by atoms with Gasteiger partial charge in [-0.05, 0) is 18.2 Å². The van der Waals surface area contributed by atoms with Crippen LogP contribution in [0.15, 0.2) is 52.6 Å². The molecule has 0 spiro atoms. The summed E-state index contributed by atoms with van der Waals surface area (Å²) < 4.78 is 0. The van der Waals surface area contributed by atoms with Gasteiger partial charge in [0, 0.05) is 24.8 Å². The van der Waals surface area contributed by atoms with Gasteiger partial charge in [0.2, 0.25) is 10.9 Å². The molecule has 5 aromatic heterocycles. The Hall–Kier alpha value is -3.61. The number of nitrogens with zero attached hydrogens (tertiary/aromatic N) is 3. The lowest BCUT2D eigenvalue weighted by Gasteiger charge is -2.05. The van der Waals surface area contributed by atoms with Gasteiger partial charge >= 0.3 is 0 Å². The zero-order chi connectivity index (χ0) is 16.3. The molecule has 114 valence electrons. The van der Waals surface area contributed by atoms with Gasteiger partial charge in [0.15, 0.2) is 0 Å². The fraction of sp³-hybridized carbons (Fsp3) is 0. The number of aromatic nitrogens is 5. The predicted octanol–water partition coefficient (Wildman–Crippen LogP) is 1.86. The number of H-pyrrole nitrogens is 2. The molecule has 0 aliphatic heterocycles. The molecule has 0 unspecified atom stereocenters. The van der Waals surface area contributed by atoms with Crippen molar-refractivity contribution in [3.8, 4) is 0 Å². The SMILES string of the molecule is O=c1c2cnccc2[nH]c2cc3[nH]c4ccncc4c(=O)c3nc12. The van der Waals surface area contributed by atoms with Crippen molar-refractivity contribution in [2.75, 3.05) is 0 Å². The number of hydrogen-bond donors (Lipinski definition) is 2. The van der Waals surface area contributed by atoms with Gasteiger partial charge in [-0.25, -0.2) is 4.98 Å². The summed E-state index contributed by atoms with van der Waals surface area (Å²) in [6, 6.07) is 5.20. The Morgan fingerprint density at radius 2 is 1.21 bits per heavy atom. The zero-order valence-electron chi connectivity index (χ0n) is 12.2. The quantitative estimate of drug-likeness (QED) is 0.424. The van der Waals surface area contributed by atoms with Crippen LogP contribution in [0.5, 0.6) is 0 Å². The van der Waals surface area contributed by atoms with E-state index in [0.29, 0.717) is 32.8 Å². The summed E-state index contributed by atoms with van der Waals surface area (Å²) in [5.41, 5.74) is 2.42. The Balaban J connectivity index is 2.05. The molecule has 0 fully saturated rings. The average Bonchev–Trinajstić information content (AvgIpc) is 2.61. The van der Waals surface area contributed by atoms with E-state index in [1.165, 1.54) is 12.4 Å². The third-order valence-electron chi connectivity index (χ3n) is 4.12. The van der Waals surface area contributed by atoms with Gasteiger partial charge < -0.3 is 9.97 Å². The van der Waals surface area contributed by atoms with Crippen molar-refractivity contribution in [1.82, 2.24) is 24.9 Å². The zero-order valence-corrected chi connectivity index (χ0v) is 12.2. The minimum absolute atomic E-state index is 0.219. The molecule has 0 saturated heterocycles. The van der Waals surface area contributed by atoms with Gasteiger partial charge in [0.05, 0.1) is 32.8 Å². The molecule has 0 aliphatic carbocycles. The Morgan fingerprint density at radius 1 is 0.708 bits per heavy atom. The highest BCUT2D eigenvalue weighted by Gasteiger charge is 2.12. The normalized spacial score (nSPS) is 11.7. The smallest absolute Gasteiger partial charge is 0.217 e. The van der Waals surface area contributed by atoms with Gasteiger partial charge in [0.1, 0.15) is 11.0 Å². The van der Waals surface area contributed by atoms with Crippen LogP contribution in [0.25, 0.3) is 43.9 Å². The van der Waals surface area contributed by atoms with Crippen LogP contribution in [0.1, 0.15) is 0 Å². The van der Waals surface area contributed by atoms with E-state index in [-0.39, 0.29) is 21.9 Å². The summed E-state index contributed by atoms with van der Waals surface area (Å²) in [6.45, 7) is 0. The standard InChI is InChI=1S/C17H9N5O2/c23-16-8-6-18-3-1-10(8)20-12-5-13-15(22-14(12)16)17(24)9-7-19-4-2-11(9)21-13/h1-7H,(H,20,23)(H,21,24). The fourth-order valence-electron chi connectivity index (χ4n) is 2.96. The average molecular weight is 315 g/mol. The Kier molecular flexibility index (Phi) is 2.39. The second-order valence-corrected chi connectivity index (χ2v) is 5.53. The number of pyridine rings is 5. The predicted molar refractivity (Wildman–Crippen MR) is 91.1 cm³/mol. The van der Waals surface area contributed by atoms with Crippen LogP contribution < -0.4 is 10.9 Å². The van der Waals surface area contributed by atoms with Crippen LogP contribution >= 0.6 is 0 Å². The third kappa shape index (κ3) is 1.63. The topological polar surface area (TPSA) is 104 Å². The first-order valence-corrected chi connectivity index (χ1v) is 7.29. The molecule has 5 aromatic rings. The Bertz CT molecular complexity index is 1300. The summed E-state index contributed by atoms with van der Waals surface area (Å²) in [5, 5.41) is 0.881. The van der Waals surface area contributed by atoms with Crippen molar-refractivity contribution in [3.63, 3.8) is 0 Å². The number of fused-ring (bicyclic) bond motifs is 4. The lowest BCUT2D eigenvalue weighted by atomic mass is 10.1. The number of nitrogens with one attached hydrogen (secondary N) is 2. The highest BCUT2D eigenvalue weighted by Crippen LogP contribution is 2.18. The van der Waals surface area contributed by atoms with Crippen molar-refractivity contribution >= 4 is 43.9 Å². The van der Waals surface area contributed by atoms with Crippen LogP contribution in [-0.4, -0.2) is 24.9 Å². The second-order valence-electron chi connectivity index (χ2n) is 5.53. The van der Waals surface area contributed by atoms with E-state index in [0.717, 1.165) is 0 Å².